The molecule has 0 fully saturated rings. The highest BCUT2D eigenvalue weighted by Crippen LogP contribution is 2.10. The third-order valence-electron chi connectivity index (χ3n) is 1.97. The van der Waals surface area contributed by atoms with E-state index in [2.05, 4.69) is 12.2 Å². The SMILES string of the molecule is CCCc1ccc(NC(=O)C(N)=O)cc1. The van der Waals surface area contributed by atoms with E-state index < -0.39 is 11.8 Å². The number of anilines is 1. The number of benzene rings is 1. The first-order chi connectivity index (χ1) is 7.13. The first-order valence-electron chi connectivity index (χ1n) is 4.83. The van der Waals surface area contributed by atoms with E-state index in [4.69, 9.17) is 5.73 Å². The zero-order valence-electron chi connectivity index (χ0n) is 8.62. The molecular weight excluding hydrogens is 192 g/mol. The largest absolute Gasteiger partial charge is 0.361 e. The van der Waals surface area contributed by atoms with Gasteiger partial charge in [-0.15, -0.1) is 0 Å². The monoisotopic (exact) mass is 206 g/mol. The number of primary amides is 1. The summed E-state index contributed by atoms with van der Waals surface area (Å²) in [6.45, 7) is 2.10. The summed E-state index contributed by atoms with van der Waals surface area (Å²) < 4.78 is 0. The molecule has 0 radical (unpaired) electrons. The van der Waals surface area contributed by atoms with Gasteiger partial charge < -0.3 is 11.1 Å². The molecule has 3 N–H and O–H groups in total. The van der Waals surface area contributed by atoms with Crippen molar-refractivity contribution in [1.82, 2.24) is 0 Å². The molecule has 0 spiro atoms. The normalized spacial score (nSPS) is 9.67. The smallest absolute Gasteiger partial charge is 0.313 e. The van der Waals surface area contributed by atoms with Gasteiger partial charge in [0, 0.05) is 5.69 Å². The van der Waals surface area contributed by atoms with Crippen LogP contribution in [0.4, 0.5) is 5.69 Å². The van der Waals surface area contributed by atoms with Crippen LogP contribution in [0.2, 0.25) is 0 Å². The highest BCUT2D eigenvalue weighted by Gasteiger charge is 2.07. The highest BCUT2D eigenvalue weighted by molar-refractivity contribution is 6.39. The molecule has 0 saturated heterocycles. The van der Waals surface area contributed by atoms with Crippen LogP contribution in [-0.2, 0) is 16.0 Å². The number of hydrogen-bond acceptors (Lipinski definition) is 2. The second kappa shape index (κ2) is 5.14. The van der Waals surface area contributed by atoms with Gasteiger partial charge in [0.25, 0.3) is 0 Å². The van der Waals surface area contributed by atoms with Crippen LogP contribution >= 0.6 is 0 Å². The van der Waals surface area contributed by atoms with Gasteiger partial charge in [-0.25, -0.2) is 0 Å². The number of carbonyl (C=O) groups excluding carboxylic acids is 2. The quantitative estimate of drug-likeness (QED) is 0.726. The second-order valence-electron chi connectivity index (χ2n) is 3.27. The Morgan fingerprint density at radius 1 is 1.27 bits per heavy atom. The van der Waals surface area contributed by atoms with Gasteiger partial charge >= 0.3 is 11.8 Å². The molecule has 0 aliphatic rings. The molecule has 0 aliphatic carbocycles. The predicted molar refractivity (Wildman–Crippen MR) is 58.3 cm³/mol. The van der Waals surface area contributed by atoms with Crippen molar-refractivity contribution in [3.63, 3.8) is 0 Å². The summed E-state index contributed by atoms with van der Waals surface area (Å²) in [5, 5.41) is 2.40. The van der Waals surface area contributed by atoms with Crippen molar-refractivity contribution in [2.45, 2.75) is 19.8 Å². The van der Waals surface area contributed by atoms with Crippen molar-refractivity contribution < 1.29 is 9.59 Å². The number of hydrogen-bond donors (Lipinski definition) is 2. The summed E-state index contributed by atoms with van der Waals surface area (Å²) in [5.41, 5.74) is 6.60. The Morgan fingerprint density at radius 2 is 1.87 bits per heavy atom. The standard InChI is InChI=1S/C11H14N2O2/c1-2-3-8-4-6-9(7-5-8)13-11(15)10(12)14/h4-7H,2-3H2,1H3,(H2,12,14)(H,13,15). The average Bonchev–Trinajstić information content (AvgIpc) is 2.21. The minimum Gasteiger partial charge on any atom is -0.361 e. The Balaban J connectivity index is 2.64. The molecule has 15 heavy (non-hydrogen) atoms. The zero-order valence-corrected chi connectivity index (χ0v) is 8.62. The Morgan fingerprint density at radius 3 is 2.33 bits per heavy atom. The summed E-state index contributed by atoms with van der Waals surface area (Å²) in [6.07, 6.45) is 2.08. The molecular formula is C11H14N2O2. The molecule has 0 atom stereocenters. The maximum Gasteiger partial charge on any atom is 0.313 e. The van der Waals surface area contributed by atoms with Gasteiger partial charge in [0.05, 0.1) is 0 Å². The first kappa shape index (κ1) is 11.2. The van der Waals surface area contributed by atoms with E-state index in [9.17, 15) is 9.59 Å². The molecule has 1 aromatic carbocycles. The van der Waals surface area contributed by atoms with E-state index in [-0.39, 0.29) is 0 Å². The minimum absolute atomic E-state index is 0.582. The van der Waals surface area contributed by atoms with Crippen molar-refractivity contribution >= 4 is 17.5 Å². The molecule has 1 aromatic rings. The lowest BCUT2D eigenvalue weighted by atomic mass is 10.1. The van der Waals surface area contributed by atoms with Gasteiger partial charge in [0.2, 0.25) is 0 Å². The molecule has 0 aliphatic heterocycles. The summed E-state index contributed by atoms with van der Waals surface area (Å²) in [4.78, 5) is 21.4. The Labute approximate surface area is 88.5 Å². The summed E-state index contributed by atoms with van der Waals surface area (Å²) in [6, 6.07) is 7.35. The van der Waals surface area contributed by atoms with Crippen LogP contribution in [0.3, 0.4) is 0 Å². The lowest BCUT2D eigenvalue weighted by molar-refractivity contribution is -0.134. The van der Waals surface area contributed by atoms with E-state index in [1.807, 2.05) is 12.1 Å². The van der Waals surface area contributed by atoms with Crippen LogP contribution in [0, 0.1) is 0 Å². The fourth-order valence-corrected chi connectivity index (χ4v) is 1.24. The van der Waals surface area contributed by atoms with Crippen molar-refractivity contribution in [3.05, 3.63) is 29.8 Å². The van der Waals surface area contributed by atoms with Crippen molar-refractivity contribution in [2.24, 2.45) is 5.73 Å². The summed E-state index contributed by atoms with van der Waals surface area (Å²) >= 11 is 0. The number of aryl methyl sites for hydroxylation is 1. The Bertz CT molecular complexity index is 357. The molecule has 1 rings (SSSR count). The van der Waals surface area contributed by atoms with Crippen LogP contribution in [0.25, 0.3) is 0 Å². The van der Waals surface area contributed by atoms with Gasteiger partial charge in [-0.2, -0.15) is 0 Å². The topological polar surface area (TPSA) is 72.2 Å². The number of nitrogens with two attached hydrogens (primary N) is 1. The average molecular weight is 206 g/mol. The van der Waals surface area contributed by atoms with Crippen molar-refractivity contribution in [3.8, 4) is 0 Å². The molecule has 0 aromatic heterocycles. The van der Waals surface area contributed by atoms with Crippen LogP contribution in [0.15, 0.2) is 24.3 Å². The van der Waals surface area contributed by atoms with E-state index in [0.717, 1.165) is 12.8 Å². The van der Waals surface area contributed by atoms with Crippen LogP contribution in [0.1, 0.15) is 18.9 Å². The molecule has 0 unspecified atom stereocenters. The highest BCUT2D eigenvalue weighted by atomic mass is 16.2. The van der Waals surface area contributed by atoms with Crippen LogP contribution in [-0.4, -0.2) is 11.8 Å². The fraction of sp³-hybridized carbons (Fsp3) is 0.273. The second-order valence-corrected chi connectivity index (χ2v) is 3.27. The third kappa shape index (κ3) is 3.42. The first-order valence-corrected chi connectivity index (χ1v) is 4.83. The number of amides is 2. The van der Waals surface area contributed by atoms with E-state index in [1.54, 1.807) is 12.1 Å². The van der Waals surface area contributed by atoms with E-state index >= 15 is 0 Å². The van der Waals surface area contributed by atoms with E-state index in [0.29, 0.717) is 5.69 Å². The zero-order chi connectivity index (χ0) is 11.3. The predicted octanol–water partition coefficient (Wildman–Crippen LogP) is 1.06. The van der Waals surface area contributed by atoms with Gasteiger partial charge in [-0.3, -0.25) is 9.59 Å². The van der Waals surface area contributed by atoms with Gasteiger partial charge in [0.15, 0.2) is 0 Å². The number of rotatable bonds is 3. The third-order valence-corrected chi connectivity index (χ3v) is 1.97. The molecule has 2 amide bonds. The van der Waals surface area contributed by atoms with Gasteiger partial charge in [0.1, 0.15) is 0 Å². The molecule has 4 heteroatoms. The van der Waals surface area contributed by atoms with E-state index in [1.165, 1.54) is 5.56 Å². The Hall–Kier alpha value is -1.84. The minimum atomic E-state index is -0.979. The van der Waals surface area contributed by atoms with Crippen LogP contribution < -0.4 is 11.1 Å². The van der Waals surface area contributed by atoms with Crippen molar-refractivity contribution in [2.75, 3.05) is 5.32 Å². The number of nitrogens with one attached hydrogen (secondary N) is 1. The maximum atomic E-state index is 10.9. The van der Waals surface area contributed by atoms with Gasteiger partial charge in [-0.1, -0.05) is 25.5 Å². The summed E-state index contributed by atoms with van der Waals surface area (Å²) in [7, 11) is 0. The lowest BCUT2D eigenvalue weighted by Crippen LogP contribution is -2.29. The van der Waals surface area contributed by atoms with Gasteiger partial charge in [-0.05, 0) is 24.1 Å². The molecule has 0 saturated carbocycles. The molecule has 4 nitrogen and oxygen atoms in total. The lowest BCUT2D eigenvalue weighted by Gasteiger charge is -2.03. The van der Waals surface area contributed by atoms with Crippen molar-refractivity contribution in [1.29, 1.82) is 0 Å². The maximum absolute atomic E-state index is 10.9. The molecule has 80 valence electrons. The summed E-state index contributed by atoms with van der Waals surface area (Å²) in [5.74, 6) is -1.77. The van der Waals surface area contributed by atoms with Crippen LogP contribution in [0.5, 0.6) is 0 Å². The molecule has 0 bridgehead atoms. The Kier molecular flexibility index (Phi) is 3.85. The fourth-order valence-electron chi connectivity index (χ4n) is 1.24. The molecule has 0 heterocycles. The number of carbonyl (C=O) groups is 2.